The van der Waals surface area contributed by atoms with E-state index in [1.807, 2.05) is 62.4 Å². The largest absolute Gasteiger partial charge is 0.482 e. The molecule has 256 valence electrons. The van der Waals surface area contributed by atoms with Crippen LogP contribution in [0.2, 0.25) is 0 Å². The lowest BCUT2D eigenvalue weighted by atomic mass is 9.63. The van der Waals surface area contributed by atoms with E-state index in [2.05, 4.69) is 81.9 Å². The Bertz CT molecular complexity index is 1850. The topological polar surface area (TPSA) is 75.7 Å². The highest BCUT2D eigenvalue weighted by molar-refractivity contribution is 9.11. The molecular formula is C41H44Br2N2O4. The number of ether oxygens (including phenoxy) is 1. The van der Waals surface area contributed by atoms with Gasteiger partial charge in [0, 0.05) is 63.6 Å². The highest BCUT2D eigenvalue weighted by atomic mass is 79.9. The van der Waals surface area contributed by atoms with Crippen LogP contribution in [0, 0.1) is 24.7 Å². The summed E-state index contributed by atoms with van der Waals surface area (Å²) in [6, 6.07) is 20.1. The van der Waals surface area contributed by atoms with E-state index in [0.717, 1.165) is 39.1 Å². The van der Waals surface area contributed by atoms with E-state index in [9.17, 15) is 14.4 Å². The fourth-order valence-electron chi connectivity index (χ4n) is 7.66. The molecule has 0 aromatic heterocycles. The molecule has 49 heavy (non-hydrogen) atoms. The van der Waals surface area contributed by atoms with Gasteiger partial charge in [0.05, 0.1) is 4.47 Å². The third-order valence-electron chi connectivity index (χ3n) is 9.85. The predicted octanol–water partition coefficient (Wildman–Crippen LogP) is 9.77. The molecule has 3 aliphatic rings. The number of ketones is 2. The van der Waals surface area contributed by atoms with Gasteiger partial charge in [0.2, 0.25) is 0 Å². The molecule has 0 unspecified atom stereocenters. The van der Waals surface area contributed by atoms with Crippen molar-refractivity contribution in [2.24, 2.45) is 10.8 Å². The summed E-state index contributed by atoms with van der Waals surface area (Å²) in [6.07, 6.45) is 3.00. The van der Waals surface area contributed by atoms with Gasteiger partial charge in [-0.3, -0.25) is 14.4 Å². The maximum atomic E-state index is 14.4. The summed E-state index contributed by atoms with van der Waals surface area (Å²) in [5.41, 5.74) is 7.53. The quantitative estimate of drug-likeness (QED) is 0.246. The SMILES string of the molecule is Cc1ccc(C)c(NC(=O)COc2c(Br)cc(Br)cc2C2C3=C(CC(C)(C)CC3=O)N(CCc3ccccc3)C3=C2C(=O)CC(C)(C)C3)c1. The number of rotatable bonds is 8. The van der Waals surface area contributed by atoms with Crippen LogP contribution in [0.3, 0.4) is 0 Å². The second-order valence-corrected chi connectivity index (χ2v) is 17.2. The van der Waals surface area contributed by atoms with E-state index in [1.54, 1.807) is 0 Å². The van der Waals surface area contributed by atoms with Crippen LogP contribution >= 0.6 is 31.9 Å². The van der Waals surface area contributed by atoms with E-state index in [0.29, 0.717) is 59.2 Å². The lowest BCUT2D eigenvalue weighted by Crippen LogP contribution is -2.45. The fraction of sp³-hybridized carbons (Fsp3) is 0.390. The van der Waals surface area contributed by atoms with E-state index in [-0.39, 0.29) is 34.9 Å². The van der Waals surface area contributed by atoms with Crippen LogP contribution in [0.5, 0.6) is 5.75 Å². The Balaban J connectivity index is 1.46. The standard InChI is InChI=1S/C41H44Br2N2O4/c1-24-12-13-25(2)30(16-24)44-35(48)23-49-39-28(17-27(42)18-29(39)43)36-37-31(19-40(3,4)21-33(37)46)45(15-14-26-10-8-7-9-11-26)32-20-41(5,6)22-34(47)38(32)36/h7-13,16-18,36H,14-15,19-23H2,1-6H3,(H,44,48). The molecule has 0 bridgehead atoms. The molecule has 1 heterocycles. The van der Waals surface area contributed by atoms with Gasteiger partial charge >= 0.3 is 0 Å². The van der Waals surface area contributed by atoms with Gasteiger partial charge in [0.25, 0.3) is 5.91 Å². The van der Waals surface area contributed by atoms with Crippen LogP contribution < -0.4 is 10.1 Å². The van der Waals surface area contributed by atoms with Crippen molar-refractivity contribution < 1.29 is 19.1 Å². The Morgan fingerprint density at radius 2 is 1.47 bits per heavy atom. The van der Waals surface area contributed by atoms with Crippen molar-refractivity contribution in [3.05, 3.63) is 114 Å². The van der Waals surface area contributed by atoms with Crippen LogP contribution in [-0.2, 0) is 20.8 Å². The molecule has 0 spiro atoms. The zero-order valence-electron chi connectivity index (χ0n) is 29.1. The predicted molar refractivity (Wildman–Crippen MR) is 202 cm³/mol. The van der Waals surface area contributed by atoms with Crippen molar-refractivity contribution >= 4 is 55.0 Å². The van der Waals surface area contributed by atoms with E-state index in [1.165, 1.54) is 5.56 Å². The molecule has 0 fully saturated rings. The Morgan fingerprint density at radius 1 is 0.857 bits per heavy atom. The number of amides is 1. The summed E-state index contributed by atoms with van der Waals surface area (Å²) in [5.74, 6) is -0.345. The van der Waals surface area contributed by atoms with Crippen LogP contribution in [-0.4, -0.2) is 35.5 Å². The first-order valence-electron chi connectivity index (χ1n) is 17.0. The molecule has 3 aromatic carbocycles. The number of benzene rings is 3. The second kappa shape index (κ2) is 13.7. The zero-order chi connectivity index (χ0) is 35.2. The number of Topliss-reactive ketones (excluding diaryl/α,β-unsaturated/α-hetero) is 2. The Hall–Kier alpha value is -3.49. The number of carbonyl (C=O) groups is 3. The van der Waals surface area contributed by atoms with E-state index in [4.69, 9.17) is 4.74 Å². The molecule has 0 atom stereocenters. The van der Waals surface area contributed by atoms with Crippen molar-refractivity contribution in [3.8, 4) is 5.75 Å². The van der Waals surface area contributed by atoms with Crippen molar-refractivity contribution in [3.63, 3.8) is 0 Å². The van der Waals surface area contributed by atoms with Gasteiger partial charge in [0.1, 0.15) is 5.75 Å². The lowest BCUT2D eigenvalue weighted by Gasteiger charge is -2.49. The molecule has 1 amide bonds. The first kappa shape index (κ1) is 35.3. The Kier molecular flexibility index (Phi) is 9.86. The van der Waals surface area contributed by atoms with Gasteiger partial charge in [-0.25, -0.2) is 0 Å². The van der Waals surface area contributed by atoms with Crippen molar-refractivity contribution in [1.82, 2.24) is 4.90 Å². The number of nitrogens with one attached hydrogen (secondary N) is 1. The minimum atomic E-state index is -0.615. The molecule has 0 saturated carbocycles. The summed E-state index contributed by atoms with van der Waals surface area (Å²) in [4.78, 5) is 44.4. The number of allylic oxidation sites excluding steroid dienone is 4. The molecule has 8 heteroatoms. The van der Waals surface area contributed by atoms with Crippen LogP contribution in [0.25, 0.3) is 0 Å². The van der Waals surface area contributed by atoms with Gasteiger partial charge < -0.3 is 15.0 Å². The number of nitrogens with zero attached hydrogens (tertiary/aromatic N) is 1. The second-order valence-electron chi connectivity index (χ2n) is 15.4. The van der Waals surface area contributed by atoms with Gasteiger partial charge in [0.15, 0.2) is 18.2 Å². The van der Waals surface area contributed by atoms with E-state index >= 15 is 0 Å². The Morgan fingerprint density at radius 3 is 2.08 bits per heavy atom. The molecule has 1 N–H and O–H groups in total. The van der Waals surface area contributed by atoms with Crippen molar-refractivity contribution in [2.45, 2.75) is 79.6 Å². The number of carbonyl (C=O) groups excluding carboxylic acids is 3. The number of aryl methyl sites for hydroxylation is 2. The van der Waals surface area contributed by atoms with Crippen LogP contribution in [0.1, 0.15) is 81.5 Å². The van der Waals surface area contributed by atoms with Gasteiger partial charge in [-0.05, 0) is 94.8 Å². The summed E-state index contributed by atoms with van der Waals surface area (Å²) < 4.78 is 7.78. The number of hydrogen-bond donors (Lipinski definition) is 1. The lowest BCUT2D eigenvalue weighted by molar-refractivity contribution is -0.120. The smallest absolute Gasteiger partial charge is 0.262 e. The molecule has 1 aliphatic heterocycles. The summed E-state index contributed by atoms with van der Waals surface area (Å²) in [6.45, 7) is 13.0. The first-order chi connectivity index (χ1) is 23.1. The minimum Gasteiger partial charge on any atom is -0.482 e. The van der Waals surface area contributed by atoms with Gasteiger partial charge in [-0.15, -0.1) is 0 Å². The number of anilines is 1. The highest BCUT2D eigenvalue weighted by Gasteiger charge is 2.49. The van der Waals surface area contributed by atoms with Crippen molar-refractivity contribution in [1.29, 1.82) is 0 Å². The fourth-order valence-corrected chi connectivity index (χ4v) is 9.03. The molecule has 0 saturated heterocycles. The molecule has 2 aliphatic carbocycles. The number of halogens is 2. The molecular weight excluding hydrogens is 744 g/mol. The minimum absolute atomic E-state index is 0.0554. The molecule has 3 aromatic rings. The van der Waals surface area contributed by atoms with Crippen LogP contribution in [0.4, 0.5) is 5.69 Å². The maximum Gasteiger partial charge on any atom is 0.262 e. The Labute approximate surface area is 306 Å². The average Bonchev–Trinajstić information content (AvgIpc) is 3.00. The number of hydrogen-bond acceptors (Lipinski definition) is 5. The highest BCUT2D eigenvalue weighted by Crippen LogP contribution is 2.56. The normalized spacial score (nSPS) is 18.7. The molecule has 0 radical (unpaired) electrons. The van der Waals surface area contributed by atoms with E-state index < -0.39 is 5.92 Å². The van der Waals surface area contributed by atoms with Crippen molar-refractivity contribution in [2.75, 3.05) is 18.5 Å². The van der Waals surface area contributed by atoms with Crippen LogP contribution in [0.15, 0.2) is 92.1 Å². The zero-order valence-corrected chi connectivity index (χ0v) is 32.3. The average molecular weight is 789 g/mol. The molecule has 6 rings (SSSR count). The third-order valence-corrected chi connectivity index (χ3v) is 10.9. The van der Waals surface area contributed by atoms with Gasteiger partial charge in [-0.2, -0.15) is 0 Å². The maximum absolute atomic E-state index is 14.4. The first-order valence-corrected chi connectivity index (χ1v) is 18.5. The molecule has 6 nitrogen and oxygen atoms in total. The third kappa shape index (κ3) is 7.51. The summed E-state index contributed by atoms with van der Waals surface area (Å²) in [7, 11) is 0. The summed E-state index contributed by atoms with van der Waals surface area (Å²) in [5, 5.41) is 2.99. The monoisotopic (exact) mass is 786 g/mol. The summed E-state index contributed by atoms with van der Waals surface area (Å²) >= 11 is 7.39. The van der Waals surface area contributed by atoms with Gasteiger partial charge in [-0.1, -0.05) is 86.1 Å².